The summed E-state index contributed by atoms with van der Waals surface area (Å²) in [5, 5.41) is 2.71. The predicted octanol–water partition coefficient (Wildman–Crippen LogP) is 1.66. The van der Waals surface area contributed by atoms with E-state index in [0.717, 1.165) is 16.7 Å². The van der Waals surface area contributed by atoms with E-state index in [4.69, 9.17) is 0 Å². The number of hydrogen-bond donors (Lipinski definition) is 1. The molecule has 1 heterocycles. The summed E-state index contributed by atoms with van der Waals surface area (Å²) in [5.74, 6) is -0.527. The van der Waals surface area contributed by atoms with Crippen molar-refractivity contribution in [2.24, 2.45) is 0 Å². The smallest absolute Gasteiger partial charge is 0.244 e. The van der Waals surface area contributed by atoms with Crippen molar-refractivity contribution in [3.8, 4) is 11.1 Å². The van der Waals surface area contributed by atoms with E-state index in [9.17, 15) is 18.0 Å². The van der Waals surface area contributed by atoms with Gasteiger partial charge < -0.3 is 10.2 Å². The van der Waals surface area contributed by atoms with Crippen LogP contribution in [0.1, 0.15) is 12.5 Å². The molecule has 2 amide bonds. The van der Waals surface area contributed by atoms with Gasteiger partial charge in [-0.1, -0.05) is 54.6 Å². The van der Waals surface area contributed by atoms with Crippen molar-refractivity contribution in [3.63, 3.8) is 0 Å². The van der Waals surface area contributed by atoms with Crippen LogP contribution in [0, 0.1) is 0 Å². The third kappa shape index (κ3) is 5.19. The monoisotopic (exact) mass is 400 g/mol. The molecule has 0 radical (unpaired) electrons. The maximum absolute atomic E-state index is 12.4. The molecule has 6 nitrogen and oxygen atoms in total. The number of rotatable bonds is 5. The first-order valence-electron chi connectivity index (χ1n) is 9.27. The van der Waals surface area contributed by atoms with Gasteiger partial charge in [-0.15, -0.1) is 0 Å². The highest BCUT2D eigenvalue weighted by Gasteiger charge is 2.28. The molecule has 2 aromatic carbocycles. The van der Waals surface area contributed by atoms with Crippen LogP contribution in [-0.2, 0) is 25.8 Å². The second-order valence-electron chi connectivity index (χ2n) is 7.01. The van der Waals surface area contributed by atoms with E-state index in [0.29, 0.717) is 0 Å². The lowest BCUT2D eigenvalue weighted by Gasteiger charge is -2.29. The average Bonchev–Trinajstić information content (AvgIpc) is 2.68. The van der Waals surface area contributed by atoms with Crippen LogP contribution in [0.2, 0.25) is 0 Å². The lowest BCUT2D eigenvalue weighted by atomic mass is 10.0. The molecule has 1 atom stereocenters. The number of nitrogens with zero attached hydrogens (tertiary/aromatic N) is 1. The van der Waals surface area contributed by atoms with Gasteiger partial charge in [-0.05, 0) is 23.6 Å². The SMILES string of the molecule is CC(NC(=O)Cc1ccc(-c2ccccc2)cc1)C(=O)N1CCS(=O)(=O)CC1. The van der Waals surface area contributed by atoms with Crippen molar-refractivity contribution in [2.45, 2.75) is 19.4 Å². The van der Waals surface area contributed by atoms with Crippen molar-refractivity contribution >= 4 is 21.7 Å². The minimum atomic E-state index is -3.04. The van der Waals surface area contributed by atoms with Gasteiger partial charge >= 0.3 is 0 Å². The predicted molar refractivity (Wildman–Crippen MR) is 108 cm³/mol. The molecule has 148 valence electrons. The maximum Gasteiger partial charge on any atom is 0.244 e. The highest BCUT2D eigenvalue weighted by Crippen LogP contribution is 2.19. The van der Waals surface area contributed by atoms with Gasteiger partial charge in [0.2, 0.25) is 11.8 Å². The fourth-order valence-corrected chi connectivity index (χ4v) is 4.39. The molecule has 1 N–H and O–H groups in total. The molecule has 7 heteroatoms. The number of sulfone groups is 1. The van der Waals surface area contributed by atoms with Crippen molar-refractivity contribution in [3.05, 3.63) is 60.2 Å². The zero-order valence-corrected chi connectivity index (χ0v) is 16.6. The lowest BCUT2D eigenvalue weighted by molar-refractivity contribution is -0.135. The first-order valence-corrected chi connectivity index (χ1v) is 11.1. The lowest BCUT2D eigenvalue weighted by Crippen LogP contribution is -2.51. The molecule has 1 aliphatic heterocycles. The maximum atomic E-state index is 12.4. The standard InChI is InChI=1S/C21H24N2O4S/c1-16(21(25)23-11-13-28(26,27)14-12-23)22-20(24)15-17-7-9-19(10-8-17)18-5-3-2-4-6-18/h2-10,16H,11-15H2,1H3,(H,22,24). The highest BCUT2D eigenvalue weighted by molar-refractivity contribution is 7.91. The summed E-state index contributed by atoms with van der Waals surface area (Å²) in [4.78, 5) is 26.2. The topological polar surface area (TPSA) is 83.6 Å². The number of benzene rings is 2. The van der Waals surface area contributed by atoms with E-state index in [1.165, 1.54) is 4.90 Å². The third-order valence-electron chi connectivity index (χ3n) is 4.83. The van der Waals surface area contributed by atoms with Gasteiger partial charge in [-0.25, -0.2) is 8.42 Å². The van der Waals surface area contributed by atoms with Crippen molar-refractivity contribution in [1.82, 2.24) is 10.2 Å². The molecule has 0 aliphatic carbocycles. The van der Waals surface area contributed by atoms with E-state index in [-0.39, 0.29) is 42.8 Å². The first kappa shape index (κ1) is 20.1. The molecule has 1 aliphatic rings. The summed E-state index contributed by atoms with van der Waals surface area (Å²) in [7, 11) is -3.04. The van der Waals surface area contributed by atoms with Crippen LogP contribution in [0.25, 0.3) is 11.1 Å². The Hall–Kier alpha value is -2.67. The van der Waals surface area contributed by atoms with Gasteiger partial charge in [-0.2, -0.15) is 0 Å². The summed E-state index contributed by atoms with van der Waals surface area (Å²) in [6, 6.07) is 17.1. The molecule has 28 heavy (non-hydrogen) atoms. The van der Waals surface area contributed by atoms with Crippen LogP contribution in [0.3, 0.4) is 0 Å². The van der Waals surface area contributed by atoms with Crippen LogP contribution in [0.15, 0.2) is 54.6 Å². The Morgan fingerprint density at radius 2 is 1.54 bits per heavy atom. The van der Waals surface area contributed by atoms with Crippen LogP contribution < -0.4 is 5.32 Å². The zero-order valence-electron chi connectivity index (χ0n) is 15.8. The molecule has 0 saturated carbocycles. The van der Waals surface area contributed by atoms with Crippen LogP contribution in [0.4, 0.5) is 0 Å². The average molecular weight is 401 g/mol. The summed E-state index contributed by atoms with van der Waals surface area (Å²) < 4.78 is 23.0. The van der Waals surface area contributed by atoms with Crippen LogP contribution in [0.5, 0.6) is 0 Å². The Morgan fingerprint density at radius 3 is 2.14 bits per heavy atom. The van der Waals surface area contributed by atoms with Crippen molar-refractivity contribution in [1.29, 1.82) is 0 Å². The van der Waals surface area contributed by atoms with Crippen molar-refractivity contribution < 1.29 is 18.0 Å². The molecule has 2 aromatic rings. The Morgan fingerprint density at radius 1 is 0.964 bits per heavy atom. The zero-order chi connectivity index (χ0) is 20.1. The van der Waals surface area contributed by atoms with E-state index in [2.05, 4.69) is 5.32 Å². The fourth-order valence-electron chi connectivity index (χ4n) is 3.19. The second-order valence-corrected chi connectivity index (χ2v) is 9.31. The van der Waals surface area contributed by atoms with E-state index >= 15 is 0 Å². The Balaban J connectivity index is 1.53. The second kappa shape index (κ2) is 8.56. The first-order chi connectivity index (χ1) is 13.3. The number of hydrogen-bond acceptors (Lipinski definition) is 4. The Labute approximate surface area is 165 Å². The summed E-state index contributed by atoms with van der Waals surface area (Å²) in [6.07, 6.45) is 0.182. The molecule has 1 unspecified atom stereocenters. The number of carbonyl (C=O) groups is 2. The van der Waals surface area contributed by atoms with Gasteiger partial charge in [0.05, 0.1) is 17.9 Å². The Kier molecular flexibility index (Phi) is 6.14. The summed E-state index contributed by atoms with van der Waals surface area (Å²) >= 11 is 0. The molecule has 0 spiro atoms. The molecule has 1 fully saturated rings. The minimum Gasteiger partial charge on any atom is -0.344 e. The molecular weight excluding hydrogens is 376 g/mol. The van der Waals surface area contributed by atoms with Gasteiger partial charge in [-0.3, -0.25) is 9.59 Å². The Bertz CT molecular complexity index is 926. The van der Waals surface area contributed by atoms with E-state index in [1.54, 1.807) is 6.92 Å². The minimum absolute atomic E-state index is 0.0207. The normalized spacial score (nSPS) is 17.0. The fraction of sp³-hybridized carbons (Fsp3) is 0.333. The van der Waals surface area contributed by atoms with Crippen molar-refractivity contribution in [2.75, 3.05) is 24.6 Å². The highest BCUT2D eigenvalue weighted by atomic mass is 32.2. The van der Waals surface area contributed by atoms with Gasteiger partial charge in [0.1, 0.15) is 6.04 Å². The quantitative estimate of drug-likeness (QED) is 0.827. The molecule has 1 saturated heterocycles. The van der Waals surface area contributed by atoms with Gasteiger partial charge in [0.15, 0.2) is 9.84 Å². The summed E-state index contributed by atoms with van der Waals surface area (Å²) in [5.41, 5.74) is 3.05. The number of nitrogens with one attached hydrogen (secondary N) is 1. The molecule has 3 rings (SSSR count). The van der Waals surface area contributed by atoms with Crippen LogP contribution in [-0.4, -0.2) is 55.8 Å². The number of carbonyl (C=O) groups excluding carboxylic acids is 2. The van der Waals surface area contributed by atoms with Gasteiger partial charge in [0, 0.05) is 13.1 Å². The largest absolute Gasteiger partial charge is 0.344 e. The molecular formula is C21H24N2O4S. The molecule has 0 bridgehead atoms. The summed E-state index contributed by atoms with van der Waals surface area (Å²) in [6.45, 7) is 1.99. The van der Waals surface area contributed by atoms with E-state index < -0.39 is 15.9 Å². The molecule has 0 aromatic heterocycles. The third-order valence-corrected chi connectivity index (χ3v) is 6.44. The van der Waals surface area contributed by atoms with E-state index in [1.807, 2.05) is 54.6 Å². The van der Waals surface area contributed by atoms with Gasteiger partial charge in [0.25, 0.3) is 0 Å². The van der Waals surface area contributed by atoms with Crippen LogP contribution >= 0.6 is 0 Å². The number of amides is 2.